The van der Waals surface area contributed by atoms with Crippen LogP contribution in [-0.2, 0) is 0 Å². The summed E-state index contributed by atoms with van der Waals surface area (Å²) in [4.78, 5) is 26.0. The van der Waals surface area contributed by atoms with Crippen molar-refractivity contribution in [3.8, 4) is 34.3 Å². The molecule has 4 aromatic rings. The van der Waals surface area contributed by atoms with E-state index in [9.17, 15) is 4.79 Å². The van der Waals surface area contributed by atoms with Gasteiger partial charge in [-0.1, -0.05) is 18.2 Å². The Kier molecular flexibility index (Phi) is 5.22. The van der Waals surface area contributed by atoms with Crippen LogP contribution in [0.5, 0.6) is 11.5 Å². The molecule has 2 heterocycles. The van der Waals surface area contributed by atoms with Gasteiger partial charge < -0.3 is 14.5 Å². The molecule has 6 nitrogen and oxygen atoms in total. The van der Waals surface area contributed by atoms with Gasteiger partial charge in [-0.2, -0.15) is 0 Å². The predicted octanol–water partition coefficient (Wildman–Crippen LogP) is 4.39. The predicted molar refractivity (Wildman–Crippen MR) is 116 cm³/mol. The summed E-state index contributed by atoms with van der Waals surface area (Å²) in [7, 11) is 3.07. The van der Waals surface area contributed by atoms with E-state index < -0.39 is 0 Å². The Bertz CT molecular complexity index is 1240. The summed E-state index contributed by atoms with van der Waals surface area (Å²) in [6, 6.07) is 17.2. The first-order valence-electron chi connectivity index (χ1n) is 8.91. The lowest BCUT2D eigenvalue weighted by Crippen LogP contribution is -2.11. The maximum absolute atomic E-state index is 12.7. The quantitative estimate of drug-likeness (QED) is 0.496. The average molecular weight is 405 g/mol. The highest BCUT2D eigenvalue weighted by molar-refractivity contribution is 7.98. The van der Waals surface area contributed by atoms with Crippen molar-refractivity contribution in [2.24, 2.45) is 0 Å². The van der Waals surface area contributed by atoms with Gasteiger partial charge in [-0.05, 0) is 30.5 Å². The lowest BCUT2D eigenvalue weighted by atomic mass is 10.1. The fraction of sp³-hybridized carbons (Fsp3) is 0.136. The first-order valence-corrected chi connectivity index (χ1v) is 10.1. The number of hydrogen-bond acceptors (Lipinski definition) is 6. The van der Waals surface area contributed by atoms with Crippen molar-refractivity contribution in [3.63, 3.8) is 0 Å². The minimum atomic E-state index is -0.291. The number of nitrogens with zero attached hydrogens (tertiary/aromatic N) is 2. The Morgan fingerprint density at radius 1 is 0.931 bits per heavy atom. The molecule has 0 spiro atoms. The molecule has 0 fully saturated rings. The number of rotatable bonds is 5. The van der Waals surface area contributed by atoms with Crippen LogP contribution in [0.4, 0.5) is 0 Å². The van der Waals surface area contributed by atoms with Crippen molar-refractivity contribution in [1.82, 2.24) is 15.0 Å². The van der Waals surface area contributed by atoms with Gasteiger partial charge in [-0.3, -0.25) is 4.79 Å². The third-order valence-corrected chi connectivity index (χ3v) is 5.32. The van der Waals surface area contributed by atoms with Crippen LogP contribution in [0.2, 0.25) is 0 Å². The fourth-order valence-electron chi connectivity index (χ4n) is 3.10. The maximum atomic E-state index is 12.7. The van der Waals surface area contributed by atoms with Gasteiger partial charge in [-0.15, -0.1) is 11.8 Å². The van der Waals surface area contributed by atoms with E-state index in [0.29, 0.717) is 33.9 Å². The lowest BCUT2D eigenvalue weighted by Gasteiger charge is -2.09. The molecule has 0 aliphatic rings. The monoisotopic (exact) mass is 405 g/mol. The molecule has 29 heavy (non-hydrogen) atoms. The number of aromatic amines is 1. The van der Waals surface area contributed by atoms with Crippen molar-refractivity contribution >= 4 is 22.7 Å². The van der Waals surface area contributed by atoms with E-state index in [-0.39, 0.29) is 5.56 Å². The Balaban J connectivity index is 1.83. The number of fused-ring (bicyclic) bond motifs is 1. The van der Waals surface area contributed by atoms with Crippen molar-refractivity contribution in [3.05, 3.63) is 65.0 Å². The topological polar surface area (TPSA) is 77.1 Å². The van der Waals surface area contributed by atoms with E-state index in [2.05, 4.69) is 22.1 Å². The molecular formula is C22H19N3O3S. The minimum absolute atomic E-state index is 0.291. The van der Waals surface area contributed by atoms with Gasteiger partial charge in [0.25, 0.3) is 5.56 Å². The van der Waals surface area contributed by atoms with Gasteiger partial charge in [0.05, 0.1) is 25.4 Å². The van der Waals surface area contributed by atoms with Gasteiger partial charge in [0.1, 0.15) is 22.6 Å². The number of methoxy groups -OCH3 is 2. The Morgan fingerprint density at radius 2 is 1.69 bits per heavy atom. The Morgan fingerprint density at radius 3 is 2.38 bits per heavy atom. The summed E-state index contributed by atoms with van der Waals surface area (Å²) in [5.41, 5.74) is 2.58. The molecule has 0 unspecified atom stereocenters. The summed E-state index contributed by atoms with van der Waals surface area (Å²) in [5, 5.41) is 0.376. The van der Waals surface area contributed by atoms with Crippen molar-refractivity contribution < 1.29 is 9.47 Å². The number of benzene rings is 2. The van der Waals surface area contributed by atoms with Gasteiger partial charge >= 0.3 is 0 Å². The zero-order valence-corrected chi connectivity index (χ0v) is 17.0. The van der Waals surface area contributed by atoms with E-state index in [1.807, 2.05) is 36.6 Å². The Hall–Kier alpha value is -3.32. The van der Waals surface area contributed by atoms with E-state index in [1.165, 1.54) is 12.0 Å². The van der Waals surface area contributed by atoms with Crippen LogP contribution in [-0.4, -0.2) is 35.4 Å². The second-order valence-corrected chi connectivity index (χ2v) is 7.15. The van der Waals surface area contributed by atoms with E-state index in [0.717, 1.165) is 11.3 Å². The number of hydrogen-bond donors (Lipinski definition) is 1. The summed E-state index contributed by atoms with van der Waals surface area (Å²) in [6.07, 6.45) is 2.04. The van der Waals surface area contributed by atoms with Crippen molar-refractivity contribution in [2.75, 3.05) is 20.5 Å². The molecule has 7 heteroatoms. The van der Waals surface area contributed by atoms with E-state index in [4.69, 9.17) is 14.5 Å². The third-order valence-electron chi connectivity index (χ3n) is 4.58. The largest absolute Gasteiger partial charge is 0.497 e. The minimum Gasteiger partial charge on any atom is -0.497 e. The molecule has 0 radical (unpaired) electrons. The number of H-pyrrole nitrogens is 1. The first-order chi connectivity index (χ1) is 14.1. The molecule has 0 aliphatic carbocycles. The molecule has 146 valence electrons. The lowest BCUT2D eigenvalue weighted by molar-refractivity contribution is 0.397. The molecule has 2 aromatic carbocycles. The van der Waals surface area contributed by atoms with Crippen LogP contribution >= 0.6 is 11.8 Å². The van der Waals surface area contributed by atoms with Crippen LogP contribution in [0, 0.1) is 0 Å². The zero-order chi connectivity index (χ0) is 20.4. The fourth-order valence-corrected chi connectivity index (χ4v) is 3.51. The summed E-state index contributed by atoms with van der Waals surface area (Å²) in [5.74, 6) is 1.37. The zero-order valence-electron chi connectivity index (χ0n) is 16.2. The molecule has 0 amide bonds. The third kappa shape index (κ3) is 3.69. The van der Waals surface area contributed by atoms with Crippen LogP contribution in [0.1, 0.15) is 0 Å². The van der Waals surface area contributed by atoms with Crippen LogP contribution in [0.3, 0.4) is 0 Å². The maximum Gasteiger partial charge on any atom is 0.262 e. The van der Waals surface area contributed by atoms with Crippen molar-refractivity contribution in [2.45, 2.75) is 4.90 Å². The molecule has 0 atom stereocenters. The van der Waals surface area contributed by atoms with Gasteiger partial charge in [-0.25, -0.2) is 9.97 Å². The van der Waals surface area contributed by atoms with E-state index in [1.54, 1.807) is 31.0 Å². The summed E-state index contributed by atoms with van der Waals surface area (Å²) >= 11 is 1.69. The normalized spacial score (nSPS) is 10.9. The summed E-state index contributed by atoms with van der Waals surface area (Å²) in [6.45, 7) is 0. The number of thioether (sulfide) groups is 1. The summed E-state index contributed by atoms with van der Waals surface area (Å²) < 4.78 is 10.6. The molecule has 0 aliphatic heterocycles. The second kappa shape index (κ2) is 7.97. The number of ether oxygens (including phenoxy) is 2. The Labute approximate surface area is 171 Å². The SMILES string of the molecule is COc1cc(OC)c2c(=O)[nH]c(-c3cccc(-c4ccc(SC)cc4)n3)nc2c1. The molecular weight excluding hydrogens is 386 g/mol. The number of aromatic nitrogens is 3. The van der Waals surface area contributed by atoms with Crippen LogP contribution < -0.4 is 15.0 Å². The smallest absolute Gasteiger partial charge is 0.262 e. The molecule has 0 saturated carbocycles. The van der Waals surface area contributed by atoms with E-state index >= 15 is 0 Å². The van der Waals surface area contributed by atoms with Gasteiger partial charge in [0.15, 0.2) is 5.82 Å². The highest BCUT2D eigenvalue weighted by atomic mass is 32.2. The number of pyridine rings is 1. The molecule has 4 rings (SSSR count). The van der Waals surface area contributed by atoms with Gasteiger partial charge in [0.2, 0.25) is 0 Å². The highest BCUT2D eigenvalue weighted by Crippen LogP contribution is 2.29. The average Bonchev–Trinajstić information content (AvgIpc) is 2.78. The second-order valence-electron chi connectivity index (χ2n) is 6.27. The molecule has 0 bridgehead atoms. The number of nitrogens with one attached hydrogen (secondary N) is 1. The molecule has 2 aromatic heterocycles. The van der Waals surface area contributed by atoms with Crippen LogP contribution in [0.25, 0.3) is 33.7 Å². The first kappa shape index (κ1) is 19.0. The van der Waals surface area contributed by atoms with Crippen LogP contribution in [0.15, 0.2) is 64.3 Å². The standard InChI is InChI=1S/C22H19N3O3S/c1-27-14-11-18-20(19(12-14)28-2)22(26)25-21(24-18)17-6-4-5-16(23-17)13-7-9-15(29-3)10-8-13/h4-12H,1-3H3,(H,24,25,26). The highest BCUT2D eigenvalue weighted by Gasteiger charge is 2.14. The van der Waals surface area contributed by atoms with Gasteiger partial charge in [0, 0.05) is 22.6 Å². The van der Waals surface area contributed by atoms with Crippen molar-refractivity contribution in [1.29, 1.82) is 0 Å². The molecule has 1 N–H and O–H groups in total. The molecule has 0 saturated heterocycles.